The van der Waals surface area contributed by atoms with E-state index < -0.39 is 0 Å². The molecule has 0 atom stereocenters. The fraction of sp³-hybridized carbons (Fsp3) is 0.346. The molecule has 0 unspecified atom stereocenters. The van der Waals surface area contributed by atoms with Crippen LogP contribution in [0.3, 0.4) is 0 Å². The lowest BCUT2D eigenvalue weighted by Gasteiger charge is -2.20. The fourth-order valence-electron chi connectivity index (χ4n) is 3.74. The maximum absolute atomic E-state index is 13.1. The van der Waals surface area contributed by atoms with Crippen LogP contribution in [0.4, 0.5) is 0 Å². The molecule has 0 saturated carbocycles. The Balaban J connectivity index is 1.93. The van der Waals surface area contributed by atoms with Crippen molar-refractivity contribution in [3.8, 4) is 0 Å². The topological polar surface area (TPSA) is 73.2 Å². The molecule has 1 N–H and O–H groups in total. The molecule has 0 fully saturated rings. The Hall–Kier alpha value is -3.25. The van der Waals surface area contributed by atoms with Gasteiger partial charge in [-0.1, -0.05) is 30.3 Å². The van der Waals surface area contributed by atoms with Gasteiger partial charge in [0.05, 0.1) is 0 Å². The zero-order valence-corrected chi connectivity index (χ0v) is 18.8. The number of aromatic nitrogens is 2. The van der Waals surface area contributed by atoms with Crippen LogP contribution in [0.1, 0.15) is 46.2 Å². The molecular formula is C26H31N3O3. The molecule has 32 heavy (non-hydrogen) atoms. The minimum Gasteiger partial charge on any atom is -0.382 e. The normalized spacial score (nSPS) is 10.8. The molecule has 0 radical (unpaired) electrons. The van der Waals surface area contributed by atoms with Crippen LogP contribution in [0.5, 0.6) is 0 Å². The van der Waals surface area contributed by atoms with E-state index in [4.69, 9.17) is 4.74 Å². The molecule has 1 amide bonds. The summed E-state index contributed by atoms with van der Waals surface area (Å²) >= 11 is 0. The van der Waals surface area contributed by atoms with Crippen molar-refractivity contribution in [2.24, 2.45) is 0 Å². The summed E-state index contributed by atoms with van der Waals surface area (Å²) < 4.78 is 7.41. The zero-order valence-electron chi connectivity index (χ0n) is 18.8. The highest BCUT2D eigenvalue weighted by molar-refractivity contribution is 5.95. The van der Waals surface area contributed by atoms with E-state index in [0.29, 0.717) is 39.1 Å². The maximum atomic E-state index is 13.1. The number of nitrogens with one attached hydrogen (secondary N) is 1. The Morgan fingerprint density at radius 1 is 1.06 bits per heavy atom. The third-order valence-electron chi connectivity index (χ3n) is 5.39. The molecule has 0 aliphatic heterocycles. The van der Waals surface area contributed by atoms with E-state index in [-0.39, 0.29) is 16.9 Å². The maximum Gasteiger partial charge on any atom is 0.257 e. The van der Waals surface area contributed by atoms with E-state index in [0.717, 1.165) is 23.4 Å². The molecule has 1 aromatic carbocycles. The van der Waals surface area contributed by atoms with Crippen LogP contribution in [0.2, 0.25) is 0 Å². The molecule has 0 spiro atoms. The van der Waals surface area contributed by atoms with E-state index in [1.54, 1.807) is 18.5 Å². The minimum absolute atomic E-state index is 0.233. The second-order valence-electron chi connectivity index (χ2n) is 7.71. The van der Waals surface area contributed by atoms with Gasteiger partial charge in [-0.25, -0.2) is 0 Å². The van der Waals surface area contributed by atoms with Crippen molar-refractivity contribution in [2.75, 3.05) is 19.8 Å². The monoisotopic (exact) mass is 433 g/mol. The summed E-state index contributed by atoms with van der Waals surface area (Å²) in [5.41, 5.74) is 3.83. The third kappa shape index (κ3) is 6.37. The second-order valence-corrected chi connectivity index (χ2v) is 7.71. The standard InChI is InChI=1S/C26H31N3O3/c1-3-32-17-7-14-28-26(31)25-23(11-10-21-8-5-4-6-9-21)29(20(2)18-24(25)30)19-22-12-15-27-16-13-22/h4-6,8-9,12-13,15-16,18H,3,7,10-11,14,17,19H2,1-2H3,(H,28,31). The average Bonchev–Trinajstić information content (AvgIpc) is 2.80. The molecule has 3 rings (SSSR count). The van der Waals surface area contributed by atoms with Crippen LogP contribution in [0.25, 0.3) is 0 Å². The molecule has 0 aliphatic carbocycles. The highest BCUT2D eigenvalue weighted by Crippen LogP contribution is 2.16. The van der Waals surface area contributed by atoms with E-state index >= 15 is 0 Å². The molecule has 168 valence electrons. The molecular weight excluding hydrogens is 402 g/mol. The minimum atomic E-state index is -0.321. The van der Waals surface area contributed by atoms with Crippen LogP contribution < -0.4 is 10.7 Å². The quantitative estimate of drug-likeness (QED) is 0.470. The molecule has 3 aromatic rings. The van der Waals surface area contributed by atoms with Crippen LogP contribution in [0.15, 0.2) is 65.7 Å². The molecule has 6 heteroatoms. The molecule has 6 nitrogen and oxygen atoms in total. The number of ether oxygens (including phenoxy) is 1. The summed E-state index contributed by atoms with van der Waals surface area (Å²) in [4.78, 5) is 30.1. The number of hydrogen-bond acceptors (Lipinski definition) is 4. The van der Waals surface area contributed by atoms with Crippen LogP contribution in [-0.2, 0) is 24.1 Å². The molecule has 2 heterocycles. The first kappa shape index (κ1) is 23.4. The number of carbonyl (C=O) groups is 1. The molecule has 0 bridgehead atoms. The van der Waals surface area contributed by atoms with Crippen molar-refractivity contribution < 1.29 is 9.53 Å². The van der Waals surface area contributed by atoms with Gasteiger partial charge in [0, 0.05) is 56.2 Å². The van der Waals surface area contributed by atoms with Crippen LogP contribution in [-0.4, -0.2) is 35.2 Å². The van der Waals surface area contributed by atoms with E-state index in [1.165, 1.54) is 5.56 Å². The summed E-state index contributed by atoms with van der Waals surface area (Å²) in [7, 11) is 0. The lowest BCUT2D eigenvalue weighted by Crippen LogP contribution is -2.34. The van der Waals surface area contributed by atoms with Gasteiger partial charge in [-0.15, -0.1) is 0 Å². The Kier molecular flexibility index (Phi) is 8.75. The summed E-state index contributed by atoms with van der Waals surface area (Å²) in [5.74, 6) is -0.321. The number of rotatable bonds is 11. The van der Waals surface area contributed by atoms with Gasteiger partial charge in [-0.2, -0.15) is 0 Å². The smallest absolute Gasteiger partial charge is 0.257 e. The summed E-state index contributed by atoms with van der Waals surface area (Å²) in [5, 5.41) is 2.91. The van der Waals surface area contributed by atoms with Crippen molar-refractivity contribution in [2.45, 2.75) is 39.7 Å². The number of carbonyl (C=O) groups excluding carboxylic acids is 1. The predicted octanol–water partition coefficient (Wildman–Crippen LogP) is 3.54. The summed E-state index contributed by atoms with van der Waals surface area (Å²) in [6.07, 6.45) is 5.54. The molecule has 2 aromatic heterocycles. The number of benzene rings is 1. The van der Waals surface area contributed by atoms with Gasteiger partial charge in [0.15, 0.2) is 5.43 Å². The SMILES string of the molecule is CCOCCCNC(=O)c1c(CCc2ccccc2)n(Cc2ccncc2)c(C)cc1=O. The Labute approximate surface area is 189 Å². The fourth-order valence-corrected chi connectivity index (χ4v) is 3.74. The van der Waals surface area contributed by atoms with E-state index in [2.05, 4.69) is 27.0 Å². The number of hydrogen-bond donors (Lipinski definition) is 1. The second kappa shape index (κ2) is 12.0. The third-order valence-corrected chi connectivity index (χ3v) is 5.39. The Morgan fingerprint density at radius 2 is 1.81 bits per heavy atom. The lowest BCUT2D eigenvalue weighted by atomic mass is 10.0. The highest BCUT2D eigenvalue weighted by Gasteiger charge is 2.20. The number of amides is 1. The highest BCUT2D eigenvalue weighted by atomic mass is 16.5. The van der Waals surface area contributed by atoms with Gasteiger partial charge in [0.1, 0.15) is 5.56 Å². The molecule has 0 saturated heterocycles. The summed E-state index contributed by atoms with van der Waals surface area (Å²) in [6, 6.07) is 15.6. The van der Waals surface area contributed by atoms with Crippen LogP contribution >= 0.6 is 0 Å². The Morgan fingerprint density at radius 3 is 2.53 bits per heavy atom. The first-order valence-corrected chi connectivity index (χ1v) is 11.1. The van der Waals surface area contributed by atoms with E-state index in [1.807, 2.05) is 44.2 Å². The van der Waals surface area contributed by atoms with Crippen molar-refractivity contribution in [1.82, 2.24) is 14.9 Å². The van der Waals surface area contributed by atoms with Gasteiger partial charge in [-0.05, 0) is 56.4 Å². The average molecular weight is 434 g/mol. The van der Waals surface area contributed by atoms with Gasteiger partial charge in [0.25, 0.3) is 5.91 Å². The van der Waals surface area contributed by atoms with Crippen molar-refractivity contribution >= 4 is 5.91 Å². The van der Waals surface area contributed by atoms with Crippen molar-refractivity contribution in [3.05, 3.63) is 99.2 Å². The zero-order chi connectivity index (χ0) is 22.8. The Bertz CT molecular complexity index is 1060. The number of nitrogens with zero attached hydrogens (tertiary/aromatic N) is 2. The van der Waals surface area contributed by atoms with E-state index in [9.17, 15) is 9.59 Å². The van der Waals surface area contributed by atoms with Gasteiger partial charge >= 0.3 is 0 Å². The number of aryl methyl sites for hydroxylation is 2. The van der Waals surface area contributed by atoms with Gasteiger partial charge < -0.3 is 14.6 Å². The first-order chi connectivity index (χ1) is 15.6. The van der Waals surface area contributed by atoms with Crippen LogP contribution in [0, 0.1) is 6.92 Å². The predicted molar refractivity (Wildman–Crippen MR) is 126 cm³/mol. The summed E-state index contributed by atoms with van der Waals surface area (Å²) in [6.45, 7) is 6.12. The lowest BCUT2D eigenvalue weighted by molar-refractivity contribution is 0.0941. The first-order valence-electron chi connectivity index (χ1n) is 11.1. The van der Waals surface area contributed by atoms with Crippen molar-refractivity contribution in [1.29, 1.82) is 0 Å². The molecule has 0 aliphatic rings. The largest absolute Gasteiger partial charge is 0.382 e. The van der Waals surface area contributed by atoms with Crippen molar-refractivity contribution in [3.63, 3.8) is 0 Å². The number of pyridine rings is 2. The van der Waals surface area contributed by atoms with Gasteiger partial charge in [0.2, 0.25) is 0 Å². The van der Waals surface area contributed by atoms with Gasteiger partial charge in [-0.3, -0.25) is 14.6 Å².